The number of hydrogen-bond acceptors (Lipinski definition) is 7. The van der Waals surface area contributed by atoms with Gasteiger partial charge in [0.05, 0.1) is 27.7 Å². The van der Waals surface area contributed by atoms with E-state index in [4.69, 9.17) is 18.5 Å². The zero-order valence-electron chi connectivity index (χ0n) is 38.5. The van der Waals surface area contributed by atoms with E-state index in [0.29, 0.717) is 17.4 Å². The molecule has 0 aromatic heterocycles. The first-order valence-corrected chi connectivity index (χ1v) is 25.6. The first-order valence-electron chi connectivity index (χ1n) is 24.1. The number of rotatable bonds is 44. The summed E-state index contributed by atoms with van der Waals surface area (Å²) >= 11 is 0. The van der Waals surface area contributed by atoms with E-state index in [1.807, 2.05) is 21.1 Å². The Balaban J connectivity index is 4.24. The number of esters is 2. The normalized spacial score (nSPS) is 13.7. The van der Waals surface area contributed by atoms with Crippen LogP contribution in [0.15, 0.2) is 24.3 Å². The Kier molecular flexibility index (Phi) is 39.8. The van der Waals surface area contributed by atoms with Crippen LogP contribution in [0.1, 0.15) is 219 Å². The van der Waals surface area contributed by atoms with E-state index >= 15 is 0 Å². The van der Waals surface area contributed by atoms with Gasteiger partial charge >= 0.3 is 19.8 Å². The van der Waals surface area contributed by atoms with Gasteiger partial charge in [0.1, 0.15) is 19.8 Å². The van der Waals surface area contributed by atoms with Crippen LogP contribution < -0.4 is 0 Å². The maximum absolute atomic E-state index is 12.7. The third kappa shape index (κ3) is 44.1. The van der Waals surface area contributed by atoms with E-state index in [0.717, 1.165) is 44.9 Å². The van der Waals surface area contributed by atoms with Crippen molar-refractivity contribution in [3.63, 3.8) is 0 Å². The zero-order chi connectivity index (χ0) is 42.8. The largest absolute Gasteiger partial charge is 0.472 e. The van der Waals surface area contributed by atoms with Crippen LogP contribution in [0.4, 0.5) is 0 Å². The van der Waals surface area contributed by atoms with E-state index in [1.54, 1.807) is 0 Å². The second-order valence-corrected chi connectivity index (χ2v) is 18.9. The monoisotopic (exact) mass is 843 g/mol. The van der Waals surface area contributed by atoms with Crippen LogP contribution in [0.3, 0.4) is 0 Å². The van der Waals surface area contributed by atoms with Gasteiger partial charge in [-0.15, -0.1) is 0 Å². The molecular weight excluding hydrogens is 750 g/mol. The predicted molar refractivity (Wildman–Crippen MR) is 243 cm³/mol. The summed E-state index contributed by atoms with van der Waals surface area (Å²) in [6.45, 7) is 4.41. The fraction of sp³-hybridized carbons (Fsp3) is 0.875. The molecule has 0 spiro atoms. The second kappa shape index (κ2) is 40.9. The highest BCUT2D eigenvalue weighted by molar-refractivity contribution is 7.47. The summed E-state index contributed by atoms with van der Waals surface area (Å²) in [6.07, 6.45) is 45.1. The number of carbonyl (C=O) groups excluding carboxylic acids is 2. The zero-order valence-corrected chi connectivity index (χ0v) is 39.4. The van der Waals surface area contributed by atoms with Crippen molar-refractivity contribution in [2.45, 2.75) is 225 Å². The molecule has 0 aliphatic heterocycles. The van der Waals surface area contributed by atoms with Crippen molar-refractivity contribution in [3.8, 4) is 0 Å². The molecule has 0 radical (unpaired) electrons. The summed E-state index contributed by atoms with van der Waals surface area (Å²) in [5.41, 5.74) is 0. The fourth-order valence-corrected chi connectivity index (χ4v) is 7.39. The summed E-state index contributed by atoms with van der Waals surface area (Å²) in [5.74, 6) is -0.811. The molecule has 0 aliphatic rings. The molecule has 0 fully saturated rings. The van der Waals surface area contributed by atoms with Gasteiger partial charge < -0.3 is 18.9 Å². The lowest BCUT2D eigenvalue weighted by Gasteiger charge is -2.24. The molecule has 1 N–H and O–H groups in total. The SMILES string of the molecule is CCCCCCCC/C=C/CCCCCCCCCCCCCC(=O)OC[C@@H](COP(=O)(O)OCC[N+](C)(C)C)OC(=O)CCCCC/C=C/CCCCCCCC. The minimum Gasteiger partial charge on any atom is -0.462 e. The number of hydrogen-bond donors (Lipinski definition) is 1. The van der Waals surface area contributed by atoms with Gasteiger partial charge in [-0.05, 0) is 64.2 Å². The smallest absolute Gasteiger partial charge is 0.462 e. The number of carbonyl (C=O) groups is 2. The lowest BCUT2D eigenvalue weighted by molar-refractivity contribution is -0.870. The molecule has 2 atom stereocenters. The molecule has 0 amide bonds. The van der Waals surface area contributed by atoms with E-state index < -0.39 is 26.5 Å². The Hall–Kier alpha value is -1.51. The molecule has 10 heteroatoms. The van der Waals surface area contributed by atoms with Gasteiger partial charge in [0.2, 0.25) is 0 Å². The number of quaternary nitrogens is 1. The molecule has 0 aliphatic carbocycles. The number of ether oxygens (including phenoxy) is 2. The van der Waals surface area contributed by atoms with E-state index in [1.165, 1.54) is 141 Å². The number of allylic oxidation sites excluding steroid dienone is 4. The Bertz CT molecular complexity index is 1040. The fourth-order valence-electron chi connectivity index (χ4n) is 6.65. The van der Waals surface area contributed by atoms with Gasteiger partial charge in [0, 0.05) is 12.8 Å². The van der Waals surface area contributed by atoms with Crippen molar-refractivity contribution in [1.82, 2.24) is 0 Å². The maximum Gasteiger partial charge on any atom is 0.472 e. The molecule has 0 rings (SSSR count). The van der Waals surface area contributed by atoms with E-state index in [-0.39, 0.29) is 32.0 Å². The van der Waals surface area contributed by atoms with Crippen LogP contribution in [0.5, 0.6) is 0 Å². The Labute approximate surface area is 358 Å². The first-order chi connectivity index (χ1) is 28.0. The number of likely N-dealkylation sites (N-methyl/N-ethyl adjacent to an activating group) is 1. The minimum absolute atomic E-state index is 0.0304. The molecule has 9 nitrogen and oxygen atoms in total. The molecule has 0 heterocycles. The lowest BCUT2D eigenvalue weighted by atomic mass is 10.0. The third-order valence-corrected chi connectivity index (χ3v) is 11.4. The highest BCUT2D eigenvalue weighted by atomic mass is 31.2. The van der Waals surface area contributed by atoms with Crippen LogP contribution in [0, 0.1) is 0 Å². The van der Waals surface area contributed by atoms with Crippen LogP contribution in [-0.2, 0) is 32.7 Å². The molecular formula is C48H93NO8P+. The molecule has 0 aromatic rings. The summed E-state index contributed by atoms with van der Waals surface area (Å²) in [6, 6.07) is 0. The minimum atomic E-state index is -4.38. The first kappa shape index (κ1) is 56.5. The topological polar surface area (TPSA) is 108 Å². The molecule has 0 saturated carbocycles. The predicted octanol–water partition coefficient (Wildman–Crippen LogP) is 13.9. The molecule has 1 unspecified atom stereocenters. The average molecular weight is 843 g/mol. The van der Waals surface area contributed by atoms with E-state index in [9.17, 15) is 19.0 Å². The molecule has 0 aromatic carbocycles. The number of nitrogens with zero attached hydrogens (tertiary/aromatic N) is 1. The second-order valence-electron chi connectivity index (χ2n) is 17.5. The summed E-state index contributed by atoms with van der Waals surface area (Å²) in [5, 5.41) is 0. The van der Waals surface area contributed by atoms with Gasteiger partial charge in [-0.1, -0.05) is 167 Å². The summed E-state index contributed by atoms with van der Waals surface area (Å²) in [7, 11) is 1.47. The Morgan fingerprint density at radius 3 is 1.29 bits per heavy atom. The van der Waals surface area contributed by atoms with Gasteiger partial charge in [-0.25, -0.2) is 4.57 Å². The molecule has 342 valence electrons. The van der Waals surface area contributed by atoms with Crippen molar-refractivity contribution in [3.05, 3.63) is 24.3 Å². The van der Waals surface area contributed by atoms with Crippen molar-refractivity contribution in [1.29, 1.82) is 0 Å². The number of phosphoric acid groups is 1. The number of phosphoric ester groups is 1. The van der Waals surface area contributed by atoms with Crippen LogP contribution in [0.25, 0.3) is 0 Å². The highest BCUT2D eigenvalue weighted by Crippen LogP contribution is 2.43. The van der Waals surface area contributed by atoms with Gasteiger partial charge in [0.25, 0.3) is 0 Å². The van der Waals surface area contributed by atoms with Crippen LogP contribution in [0.2, 0.25) is 0 Å². The van der Waals surface area contributed by atoms with Crippen molar-refractivity contribution in [2.24, 2.45) is 0 Å². The molecule has 0 saturated heterocycles. The lowest BCUT2D eigenvalue weighted by Crippen LogP contribution is -2.37. The van der Waals surface area contributed by atoms with Crippen LogP contribution in [-0.4, -0.2) is 74.9 Å². The molecule has 58 heavy (non-hydrogen) atoms. The molecule has 0 bridgehead atoms. The highest BCUT2D eigenvalue weighted by Gasteiger charge is 2.27. The maximum atomic E-state index is 12.7. The Morgan fingerprint density at radius 2 is 0.879 bits per heavy atom. The van der Waals surface area contributed by atoms with Crippen LogP contribution >= 0.6 is 7.82 Å². The van der Waals surface area contributed by atoms with Crippen molar-refractivity contribution >= 4 is 19.8 Å². The third-order valence-electron chi connectivity index (χ3n) is 10.5. The van der Waals surface area contributed by atoms with E-state index in [2.05, 4.69) is 38.2 Å². The standard InChI is InChI=1S/C48H92NO8P/c1-6-8-10-12-14-16-18-20-21-22-23-24-25-26-27-29-30-32-34-36-38-40-47(50)54-44-46(45-56-58(52,53)55-43-42-49(3,4)5)57-48(51)41-39-37-35-33-31-28-19-17-15-13-11-9-7-2/h20-21,28,31,46H,6-19,22-27,29-30,32-45H2,1-5H3/p+1/b21-20+,31-28+/t46-/m0/s1. The summed E-state index contributed by atoms with van der Waals surface area (Å²) < 4.78 is 34.3. The Morgan fingerprint density at radius 1 is 0.517 bits per heavy atom. The van der Waals surface area contributed by atoms with Crippen molar-refractivity contribution in [2.75, 3.05) is 47.5 Å². The van der Waals surface area contributed by atoms with Crippen molar-refractivity contribution < 1.29 is 42.1 Å². The average Bonchev–Trinajstić information content (AvgIpc) is 3.17. The quantitative estimate of drug-likeness (QED) is 0.0212. The van der Waals surface area contributed by atoms with Gasteiger partial charge in [-0.2, -0.15) is 0 Å². The van der Waals surface area contributed by atoms with Gasteiger partial charge in [-0.3, -0.25) is 18.6 Å². The van der Waals surface area contributed by atoms with Gasteiger partial charge in [0.15, 0.2) is 6.10 Å². The number of unbranched alkanes of at least 4 members (excludes halogenated alkanes) is 26. The summed E-state index contributed by atoms with van der Waals surface area (Å²) in [4.78, 5) is 35.4.